The highest BCUT2D eigenvalue weighted by molar-refractivity contribution is 7.10. The molecule has 2 aromatic carbocycles. The quantitative estimate of drug-likeness (QED) is 0.260. The normalized spacial score (nSPS) is 17.6. The van der Waals surface area contributed by atoms with E-state index in [4.69, 9.17) is 4.98 Å². The van der Waals surface area contributed by atoms with E-state index in [0.29, 0.717) is 23.8 Å². The fraction of sp³-hybridized carbons (Fsp3) is 0.300. The Morgan fingerprint density at radius 2 is 1.78 bits per heavy atom. The summed E-state index contributed by atoms with van der Waals surface area (Å²) >= 11 is 3.28. The molecule has 1 N–H and O–H groups in total. The van der Waals surface area contributed by atoms with Crippen molar-refractivity contribution in [3.8, 4) is 11.1 Å². The van der Waals surface area contributed by atoms with Crippen LogP contribution in [-0.2, 0) is 11.2 Å². The van der Waals surface area contributed by atoms with Crippen molar-refractivity contribution in [1.29, 1.82) is 0 Å². The topological polar surface area (TPSA) is 59.1 Å². The lowest BCUT2D eigenvalue weighted by molar-refractivity contribution is -0.123. The minimum absolute atomic E-state index is 0.168. The van der Waals surface area contributed by atoms with Gasteiger partial charge >= 0.3 is 0 Å². The number of rotatable bonds is 8. The van der Waals surface area contributed by atoms with Crippen LogP contribution in [0.2, 0.25) is 0 Å². The van der Waals surface area contributed by atoms with Crippen molar-refractivity contribution in [3.05, 3.63) is 92.6 Å². The number of hydrogen-bond acceptors (Lipinski definition) is 5. The lowest BCUT2D eigenvalue weighted by Gasteiger charge is -2.26. The summed E-state index contributed by atoms with van der Waals surface area (Å²) < 4.78 is 0. The van der Waals surface area contributed by atoms with Crippen molar-refractivity contribution >= 4 is 40.1 Å². The number of carbonyl (C=O) groups is 2. The van der Waals surface area contributed by atoms with Gasteiger partial charge in [-0.25, -0.2) is 4.98 Å². The maximum absolute atomic E-state index is 13.1. The third kappa shape index (κ3) is 5.82. The Morgan fingerprint density at radius 1 is 0.972 bits per heavy atom. The summed E-state index contributed by atoms with van der Waals surface area (Å²) in [5.41, 5.74) is 4.46. The number of hydrogen-bond donors (Lipinski definition) is 1. The molecular formula is C30H30N2O2S2. The highest BCUT2D eigenvalue weighted by Gasteiger charge is 2.28. The van der Waals surface area contributed by atoms with Crippen LogP contribution in [0.1, 0.15) is 64.0 Å². The molecule has 4 aromatic rings. The summed E-state index contributed by atoms with van der Waals surface area (Å²) in [6, 6.07) is 20.3. The molecule has 0 saturated heterocycles. The van der Waals surface area contributed by atoms with Crippen molar-refractivity contribution in [2.75, 3.05) is 5.32 Å². The first-order valence-electron chi connectivity index (χ1n) is 12.5. The van der Waals surface area contributed by atoms with Gasteiger partial charge in [0, 0.05) is 39.8 Å². The van der Waals surface area contributed by atoms with Crippen LogP contribution in [0.4, 0.5) is 5.69 Å². The molecule has 2 heterocycles. The zero-order chi connectivity index (χ0) is 24.9. The Hall–Kier alpha value is -3.09. The minimum Gasteiger partial charge on any atom is -0.320 e. The maximum Gasteiger partial charge on any atom is 0.275 e. The Labute approximate surface area is 220 Å². The van der Waals surface area contributed by atoms with Gasteiger partial charge in [0.15, 0.2) is 0 Å². The van der Waals surface area contributed by atoms with Crippen LogP contribution >= 0.6 is 22.7 Å². The largest absolute Gasteiger partial charge is 0.320 e. The van der Waals surface area contributed by atoms with Gasteiger partial charge in [-0.05, 0) is 68.2 Å². The van der Waals surface area contributed by atoms with Crippen LogP contribution < -0.4 is 5.32 Å². The molecule has 0 atom stereocenters. The van der Waals surface area contributed by atoms with Crippen LogP contribution in [0.15, 0.2) is 71.4 Å². The average Bonchev–Trinajstić information content (AvgIpc) is 3.62. The molecule has 0 unspecified atom stereocenters. The lowest BCUT2D eigenvalue weighted by atomic mass is 9.79. The number of nitrogens with zero attached hydrogens (tertiary/aromatic N) is 1. The molecule has 5 rings (SSSR count). The molecule has 36 heavy (non-hydrogen) atoms. The van der Waals surface area contributed by atoms with E-state index in [0.717, 1.165) is 59.5 Å². The highest BCUT2D eigenvalue weighted by atomic mass is 32.1. The fourth-order valence-corrected chi connectivity index (χ4v) is 6.64. The van der Waals surface area contributed by atoms with E-state index < -0.39 is 0 Å². The summed E-state index contributed by atoms with van der Waals surface area (Å²) in [6.45, 7) is 2.05. The van der Waals surface area contributed by atoms with Crippen molar-refractivity contribution in [3.63, 3.8) is 0 Å². The molecule has 2 aromatic heterocycles. The van der Waals surface area contributed by atoms with Gasteiger partial charge in [-0.15, -0.1) is 22.7 Å². The van der Waals surface area contributed by atoms with Gasteiger partial charge in [0.2, 0.25) is 0 Å². The summed E-state index contributed by atoms with van der Waals surface area (Å²) in [5, 5.41) is 8.02. The molecule has 1 aliphatic rings. The summed E-state index contributed by atoms with van der Waals surface area (Å²) in [6.07, 6.45) is 5.24. The van der Waals surface area contributed by atoms with Crippen LogP contribution in [0, 0.1) is 12.8 Å². The number of carbonyl (C=O) groups excluding carboxylic acids is 2. The van der Waals surface area contributed by atoms with Gasteiger partial charge in [0.1, 0.15) is 11.5 Å². The molecule has 4 nitrogen and oxygen atoms in total. The van der Waals surface area contributed by atoms with E-state index in [2.05, 4.69) is 41.9 Å². The predicted molar refractivity (Wildman–Crippen MR) is 149 cm³/mol. The van der Waals surface area contributed by atoms with Crippen LogP contribution in [-0.4, -0.2) is 16.7 Å². The van der Waals surface area contributed by atoms with E-state index >= 15 is 0 Å². The van der Waals surface area contributed by atoms with Crippen molar-refractivity contribution in [1.82, 2.24) is 4.98 Å². The van der Waals surface area contributed by atoms with Crippen molar-refractivity contribution in [2.45, 2.75) is 51.4 Å². The number of thiazole rings is 1. The van der Waals surface area contributed by atoms with Gasteiger partial charge in [-0.1, -0.05) is 48.0 Å². The molecule has 0 bridgehead atoms. The smallest absolute Gasteiger partial charge is 0.275 e. The Balaban J connectivity index is 1.19. The SMILES string of the molecule is Cc1ccc(NC(=O)c2csc(C3CCC(C(=O)CCc4cccs4)CC3)n2)c(-c2ccccc2)c1. The van der Waals surface area contributed by atoms with Crippen LogP contribution in [0.25, 0.3) is 11.1 Å². The number of aryl methyl sites for hydroxylation is 2. The first-order valence-corrected chi connectivity index (χ1v) is 14.3. The Morgan fingerprint density at radius 3 is 2.53 bits per heavy atom. The zero-order valence-electron chi connectivity index (χ0n) is 20.4. The standard InChI is InChI=1S/C30H30N2O2S2/c1-20-9-15-26(25(18-20)21-6-3-2-4-7-21)31-29(34)27-19-36-30(32-27)23-12-10-22(11-13-23)28(33)16-14-24-8-5-17-35-24/h2-9,15,17-19,22-23H,10-14,16H2,1H3,(H,31,34). The first kappa shape index (κ1) is 24.6. The third-order valence-corrected chi connectivity index (χ3v) is 8.94. The molecule has 1 amide bonds. The molecule has 6 heteroatoms. The van der Waals surface area contributed by atoms with E-state index in [1.54, 1.807) is 22.7 Å². The monoisotopic (exact) mass is 514 g/mol. The summed E-state index contributed by atoms with van der Waals surface area (Å²) in [4.78, 5) is 31.8. The molecule has 1 saturated carbocycles. The Bertz CT molecular complexity index is 1320. The molecule has 184 valence electrons. The number of nitrogens with one attached hydrogen (secondary N) is 1. The molecular weight excluding hydrogens is 484 g/mol. The minimum atomic E-state index is -0.184. The number of anilines is 1. The van der Waals surface area contributed by atoms with Crippen molar-refractivity contribution in [2.24, 2.45) is 5.92 Å². The third-order valence-electron chi connectivity index (χ3n) is 6.99. The highest BCUT2D eigenvalue weighted by Crippen LogP contribution is 2.38. The predicted octanol–water partition coefficient (Wildman–Crippen LogP) is 7.91. The second-order valence-electron chi connectivity index (χ2n) is 9.53. The van der Waals surface area contributed by atoms with Gasteiger partial charge < -0.3 is 5.32 Å². The number of amides is 1. The number of thiophene rings is 1. The van der Waals surface area contributed by atoms with E-state index in [1.165, 1.54) is 4.88 Å². The second-order valence-corrected chi connectivity index (χ2v) is 11.5. The number of ketones is 1. The summed E-state index contributed by atoms with van der Waals surface area (Å²) in [5.74, 6) is 0.711. The summed E-state index contributed by atoms with van der Waals surface area (Å²) in [7, 11) is 0. The van der Waals surface area contributed by atoms with E-state index in [-0.39, 0.29) is 11.8 Å². The maximum atomic E-state index is 13.1. The van der Waals surface area contributed by atoms with Crippen LogP contribution in [0.5, 0.6) is 0 Å². The molecule has 1 fully saturated rings. The van der Waals surface area contributed by atoms with E-state index in [9.17, 15) is 9.59 Å². The lowest BCUT2D eigenvalue weighted by Crippen LogP contribution is -2.21. The number of benzene rings is 2. The average molecular weight is 515 g/mol. The van der Waals surface area contributed by atoms with E-state index in [1.807, 2.05) is 41.8 Å². The van der Waals surface area contributed by atoms with Crippen LogP contribution in [0.3, 0.4) is 0 Å². The van der Waals surface area contributed by atoms with Gasteiger partial charge in [0.05, 0.1) is 5.01 Å². The van der Waals surface area contributed by atoms with Gasteiger partial charge in [-0.2, -0.15) is 0 Å². The fourth-order valence-electron chi connectivity index (χ4n) is 4.96. The first-order chi connectivity index (χ1) is 17.6. The molecule has 0 aliphatic heterocycles. The number of Topliss-reactive ketones (excluding diaryl/α,β-unsaturated/α-hetero) is 1. The number of aromatic nitrogens is 1. The molecule has 0 spiro atoms. The molecule has 0 radical (unpaired) electrons. The molecule has 1 aliphatic carbocycles. The second kappa shape index (κ2) is 11.3. The van der Waals surface area contributed by atoms with Crippen molar-refractivity contribution < 1.29 is 9.59 Å². The zero-order valence-corrected chi connectivity index (χ0v) is 22.0. The van der Waals surface area contributed by atoms with Gasteiger partial charge in [0.25, 0.3) is 5.91 Å². The van der Waals surface area contributed by atoms with Gasteiger partial charge in [-0.3, -0.25) is 9.59 Å². The Kier molecular flexibility index (Phi) is 7.73.